The minimum absolute atomic E-state index is 0.0776. The van der Waals surface area contributed by atoms with Gasteiger partial charge in [-0.05, 0) is 35.9 Å². The van der Waals surface area contributed by atoms with Crippen LogP contribution in [0.5, 0.6) is 0 Å². The average molecular weight is 375 g/mol. The summed E-state index contributed by atoms with van der Waals surface area (Å²) in [7, 11) is 0. The van der Waals surface area contributed by atoms with Crippen LogP contribution in [-0.4, -0.2) is 10.9 Å². The van der Waals surface area contributed by atoms with Crippen molar-refractivity contribution in [3.63, 3.8) is 0 Å². The van der Waals surface area contributed by atoms with Gasteiger partial charge in [-0.25, -0.2) is 4.98 Å². The van der Waals surface area contributed by atoms with Crippen molar-refractivity contribution in [2.75, 3.05) is 0 Å². The molecule has 1 amide bonds. The Labute approximate surface area is 155 Å². The Morgan fingerprint density at radius 3 is 2.60 bits per heavy atom. The number of nitrogens with one attached hydrogen (secondary N) is 1. The van der Waals surface area contributed by atoms with Gasteiger partial charge in [-0.3, -0.25) is 4.79 Å². The third-order valence-electron chi connectivity index (χ3n) is 3.68. The number of rotatable bonds is 6. The molecule has 0 bridgehead atoms. The predicted molar refractivity (Wildman–Crippen MR) is 98.6 cm³/mol. The summed E-state index contributed by atoms with van der Waals surface area (Å²) in [5, 5.41) is 4.15. The number of halogens is 2. The van der Waals surface area contributed by atoms with E-state index in [0.29, 0.717) is 41.1 Å². The van der Waals surface area contributed by atoms with Crippen LogP contribution in [0.1, 0.15) is 17.9 Å². The fourth-order valence-electron chi connectivity index (χ4n) is 2.32. The second-order valence-corrected chi connectivity index (χ2v) is 6.34. The van der Waals surface area contributed by atoms with Gasteiger partial charge in [0.1, 0.15) is 0 Å². The van der Waals surface area contributed by atoms with Gasteiger partial charge in [0.05, 0.1) is 6.20 Å². The zero-order chi connectivity index (χ0) is 17.6. The molecule has 0 saturated carbocycles. The molecule has 0 atom stereocenters. The predicted octanol–water partition coefficient (Wildman–Crippen LogP) is 4.90. The van der Waals surface area contributed by atoms with Crippen LogP contribution in [0.25, 0.3) is 11.3 Å². The molecule has 1 heterocycles. The third-order valence-corrected chi connectivity index (χ3v) is 4.30. The molecule has 2 aromatic carbocycles. The van der Waals surface area contributed by atoms with E-state index in [0.717, 1.165) is 11.1 Å². The Bertz CT molecular complexity index is 860. The van der Waals surface area contributed by atoms with Crippen molar-refractivity contribution in [2.45, 2.75) is 19.4 Å². The van der Waals surface area contributed by atoms with E-state index in [1.807, 2.05) is 30.3 Å². The highest BCUT2D eigenvalue weighted by Crippen LogP contribution is 2.22. The number of amides is 1. The molecule has 3 aromatic rings. The molecule has 0 spiro atoms. The molecule has 0 saturated heterocycles. The second kappa shape index (κ2) is 8.19. The second-order valence-electron chi connectivity index (χ2n) is 5.49. The van der Waals surface area contributed by atoms with Crippen molar-refractivity contribution in [2.24, 2.45) is 0 Å². The summed E-state index contributed by atoms with van der Waals surface area (Å²) < 4.78 is 5.69. The summed E-state index contributed by atoms with van der Waals surface area (Å²) >= 11 is 11.9. The zero-order valence-corrected chi connectivity index (χ0v) is 14.8. The number of carbonyl (C=O) groups excluding carboxylic acids is 1. The molecule has 4 nitrogen and oxygen atoms in total. The fraction of sp³-hybridized carbons (Fsp3) is 0.158. The Morgan fingerprint density at radius 2 is 1.84 bits per heavy atom. The molecular formula is C19H16Cl2N2O2. The van der Waals surface area contributed by atoms with Gasteiger partial charge in [-0.2, -0.15) is 0 Å². The van der Waals surface area contributed by atoms with E-state index in [1.165, 1.54) is 0 Å². The Kier molecular flexibility index (Phi) is 5.74. The van der Waals surface area contributed by atoms with Gasteiger partial charge in [0.15, 0.2) is 11.7 Å². The summed E-state index contributed by atoms with van der Waals surface area (Å²) in [5.74, 6) is 1.10. The molecule has 0 fully saturated rings. The van der Waals surface area contributed by atoms with Gasteiger partial charge < -0.3 is 9.73 Å². The first kappa shape index (κ1) is 17.5. The normalized spacial score (nSPS) is 10.6. The van der Waals surface area contributed by atoms with Gasteiger partial charge in [-0.15, -0.1) is 0 Å². The van der Waals surface area contributed by atoms with Crippen molar-refractivity contribution >= 4 is 29.1 Å². The van der Waals surface area contributed by atoms with Gasteiger partial charge >= 0.3 is 0 Å². The summed E-state index contributed by atoms with van der Waals surface area (Å²) in [6.07, 6.45) is 2.38. The van der Waals surface area contributed by atoms with E-state index in [-0.39, 0.29) is 5.91 Å². The average Bonchev–Trinajstić information content (AvgIpc) is 3.09. The van der Waals surface area contributed by atoms with Crippen LogP contribution in [0.15, 0.2) is 59.1 Å². The monoisotopic (exact) mass is 374 g/mol. The number of aromatic nitrogens is 1. The van der Waals surface area contributed by atoms with Crippen LogP contribution < -0.4 is 5.32 Å². The van der Waals surface area contributed by atoms with Crippen molar-refractivity contribution in [1.82, 2.24) is 10.3 Å². The van der Waals surface area contributed by atoms with Crippen LogP contribution in [0.4, 0.5) is 0 Å². The number of hydrogen-bond acceptors (Lipinski definition) is 3. The van der Waals surface area contributed by atoms with Gasteiger partial charge in [0.2, 0.25) is 5.91 Å². The van der Waals surface area contributed by atoms with Crippen molar-refractivity contribution in [3.05, 3.63) is 76.2 Å². The molecule has 0 aliphatic carbocycles. The largest absolute Gasteiger partial charge is 0.441 e. The third kappa shape index (κ3) is 4.84. The van der Waals surface area contributed by atoms with Crippen LogP contribution in [-0.2, 0) is 17.8 Å². The van der Waals surface area contributed by atoms with E-state index >= 15 is 0 Å². The number of nitrogens with zero attached hydrogens (tertiary/aromatic N) is 1. The first-order valence-electron chi connectivity index (χ1n) is 7.82. The minimum Gasteiger partial charge on any atom is -0.441 e. The molecule has 1 aromatic heterocycles. The lowest BCUT2D eigenvalue weighted by Crippen LogP contribution is -2.23. The highest BCUT2D eigenvalue weighted by molar-refractivity contribution is 6.31. The highest BCUT2D eigenvalue weighted by Gasteiger charge is 2.09. The molecule has 6 heteroatoms. The molecule has 0 aliphatic rings. The van der Waals surface area contributed by atoms with E-state index in [2.05, 4.69) is 10.3 Å². The van der Waals surface area contributed by atoms with Crippen molar-refractivity contribution in [1.29, 1.82) is 0 Å². The van der Waals surface area contributed by atoms with Gasteiger partial charge in [0, 0.05) is 35.0 Å². The smallest absolute Gasteiger partial charge is 0.220 e. The summed E-state index contributed by atoms with van der Waals surface area (Å²) in [6.45, 7) is 0.403. The lowest BCUT2D eigenvalue weighted by atomic mass is 10.2. The summed E-state index contributed by atoms with van der Waals surface area (Å²) in [6, 6.07) is 14.7. The van der Waals surface area contributed by atoms with Crippen molar-refractivity contribution in [3.8, 4) is 11.3 Å². The molecular weight excluding hydrogens is 359 g/mol. The van der Waals surface area contributed by atoms with E-state index in [9.17, 15) is 4.79 Å². The van der Waals surface area contributed by atoms with E-state index in [4.69, 9.17) is 27.6 Å². The molecule has 1 N–H and O–H groups in total. The van der Waals surface area contributed by atoms with Crippen LogP contribution >= 0.6 is 23.2 Å². The van der Waals surface area contributed by atoms with Gasteiger partial charge in [0.25, 0.3) is 0 Å². The van der Waals surface area contributed by atoms with E-state index in [1.54, 1.807) is 24.4 Å². The first-order chi connectivity index (χ1) is 12.1. The maximum absolute atomic E-state index is 12.0. The Balaban J connectivity index is 1.51. The number of oxazole rings is 1. The fourth-order valence-corrected chi connectivity index (χ4v) is 2.65. The van der Waals surface area contributed by atoms with Crippen LogP contribution in [0.3, 0.4) is 0 Å². The Hall–Kier alpha value is -2.30. The van der Waals surface area contributed by atoms with Gasteiger partial charge in [-0.1, -0.05) is 41.4 Å². The molecule has 25 heavy (non-hydrogen) atoms. The van der Waals surface area contributed by atoms with Crippen LogP contribution in [0.2, 0.25) is 10.0 Å². The molecule has 3 rings (SSSR count). The SMILES string of the molecule is O=C(CCc1ncc(-c2ccc(Cl)cc2)o1)NCc1ccccc1Cl. The zero-order valence-electron chi connectivity index (χ0n) is 13.3. The lowest BCUT2D eigenvalue weighted by Gasteiger charge is -2.06. The molecule has 0 aliphatic heterocycles. The highest BCUT2D eigenvalue weighted by atomic mass is 35.5. The van der Waals surface area contributed by atoms with Crippen LogP contribution in [0, 0.1) is 0 Å². The topological polar surface area (TPSA) is 55.1 Å². The number of carbonyl (C=O) groups is 1. The number of hydrogen-bond donors (Lipinski definition) is 1. The summed E-state index contributed by atoms with van der Waals surface area (Å²) in [4.78, 5) is 16.2. The quantitative estimate of drug-likeness (QED) is 0.667. The lowest BCUT2D eigenvalue weighted by molar-refractivity contribution is -0.121. The minimum atomic E-state index is -0.0776. The molecule has 0 radical (unpaired) electrons. The maximum Gasteiger partial charge on any atom is 0.220 e. The Morgan fingerprint density at radius 1 is 1.08 bits per heavy atom. The maximum atomic E-state index is 12.0. The standard InChI is InChI=1S/C19H16Cl2N2O2/c20-15-7-5-13(6-8-15)17-12-23-19(25-17)10-9-18(24)22-11-14-3-1-2-4-16(14)21/h1-8,12H,9-11H2,(H,22,24). The number of benzene rings is 2. The number of aryl methyl sites for hydroxylation is 1. The first-order valence-corrected chi connectivity index (χ1v) is 8.58. The van der Waals surface area contributed by atoms with E-state index < -0.39 is 0 Å². The molecule has 0 unspecified atom stereocenters. The van der Waals surface area contributed by atoms with Crippen molar-refractivity contribution < 1.29 is 9.21 Å². The molecule has 128 valence electrons. The summed E-state index contributed by atoms with van der Waals surface area (Å²) in [5.41, 5.74) is 1.78.